The van der Waals surface area contributed by atoms with E-state index in [2.05, 4.69) is 0 Å². The van der Waals surface area contributed by atoms with Crippen molar-refractivity contribution in [3.63, 3.8) is 0 Å². The van der Waals surface area contributed by atoms with E-state index in [0.29, 0.717) is 12.1 Å². The molecule has 2 N–H and O–H groups in total. The summed E-state index contributed by atoms with van der Waals surface area (Å²) in [6, 6.07) is 10.8. The lowest BCUT2D eigenvalue weighted by molar-refractivity contribution is 0.603. The average molecular weight is 233 g/mol. The monoisotopic (exact) mass is 233 g/mol. The highest BCUT2D eigenvalue weighted by molar-refractivity contribution is 5.64. The highest BCUT2D eigenvalue weighted by Crippen LogP contribution is 2.24. The standard InChI is InChI=1S/C14H13F2N/c15-12-4-5-14(16)13(9-12)11-3-1-2-10(8-11)6-7-17/h1-5,8-9H,6-7,17H2. The first-order valence-corrected chi connectivity index (χ1v) is 5.45. The van der Waals surface area contributed by atoms with Crippen LogP contribution in [-0.4, -0.2) is 6.54 Å². The summed E-state index contributed by atoms with van der Waals surface area (Å²) in [7, 11) is 0. The summed E-state index contributed by atoms with van der Waals surface area (Å²) >= 11 is 0. The fraction of sp³-hybridized carbons (Fsp3) is 0.143. The van der Waals surface area contributed by atoms with Gasteiger partial charge in [-0.1, -0.05) is 24.3 Å². The van der Waals surface area contributed by atoms with Gasteiger partial charge < -0.3 is 5.73 Å². The second-order valence-electron chi connectivity index (χ2n) is 3.86. The molecule has 0 saturated heterocycles. The van der Waals surface area contributed by atoms with E-state index in [-0.39, 0.29) is 5.56 Å². The van der Waals surface area contributed by atoms with Crippen molar-refractivity contribution in [1.82, 2.24) is 0 Å². The van der Waals surface area contributed by atoms with E-state index in [1.165, 1.54) is 6.07 Å². The predicted molar refractivity (Wildman–Crippen MR) is 64.6 cm³/mol. The Morgan fingerprint density at radius 3 is 2.59 bits per heavy atom. The van der Waals surface area contributed by atoms with Crippen molar-refractivity contribution < 1.29 is 8.78 Å². The van der Waals surface area contributed by atoms with Gasteiger partial charge in [-0.3, -0.25) is 0 Å². The van der Waals surface area contributed by atoms with Crippen LogP contribution in [0.15, 0.2) is 42.5 Å². The van der Waals surface area contributed by atoms with Crippen molar-refractivity contribution in [2.24, 2.45) is 5.73 Å². The van der Waals surface area contributed by atoms with Crippen LogP contribution >= 0.6 is 0 Å². The maximum Gasteiger partial charge on any atom is 0.131 e. The highest BCUT2D eigenvalue weighted by atomic mass is 19.1. The van der Waals surface area contributed by atoms with Crippen LogP contribution in [-0.2, 0) is 6.42 Å². The van der Waals surface area contributed by atoms with Gasteiger partial charge in [0.05, 0.1) is 0 Å². The van der Waals surface area contributed by atoms with Gasteiger partial charge in [-0.2, -0.15) is 0 Å². The van der Waals surface area contributed by atoms with Crippen LogP contribution in [0.3, 0.4) is 0 Å². The second-order valence-corrected chi connectivity index (χ2v) is 3.86. The molecule has 0 fully saturated rings. The quantitative estimate of drug-likeness (QED) is 0.866. The molecule has 0 saturated carbocycles. The Balaban J connectivity index is 2.45. The number of hydrogen-bond donors (Lipinski definition) is 1. The molecular formula is C14H13F2N. The normalized spacial score (nSPS) is 10.5. The van der Waals surface area contributed by atoms with Crippen LogP contribution in [0.1, 0.15) is 5.56 Å². The Bertz CT molecular complexity index is 523. The molecule has 0 bridgehead atoms. The molecule has 17 heavy (non-hydrogen) atoms. The summed E-state index contributed by atoms with van der Waals surface area (Å²) in [6.07, 6.45) is 0.727. The van der Waals surface area contributed by atoms with Gasteiger partial charge in [-0.25, -0.2) is 8.78 Å². The zero-order valence-electron chi connectivity index (χ0n) is 9.29. The summed E-state index contributed by atoms with van der Waals surface area (Å²) in [6.45, 7) is 0.537. The zero-order chi connectivity index (χ0) is 12.3. The highest BCUT2D eigenvalue weighted by Gasteiger charge is 2.06. The van der Waals surface area contributed by atoms with Gasteiger partial charge in [0, 0.05) is 5.56 Å². The van der Waals surface area contributed by atoms with Crippen molar-refractivity contribution in [3.05, 3.63) is 59.7 Å². The van der Waals surface area contributed by atoms with Crippen molar-refractivity contribution >= 4 is 0 Å². The minimum absolute atomic E-state index is 0.281. The Hall–Kier alpha value is -1.74. The molecule has 2 aromatic carbocycles. The molecule has 88 valence electrons. The molecule has 0 atom stereocenters. The number of rotatable bonds is 3. The van der Waals surface area contributed by atoms with Crippen molar-refractivity contribution in [2.45, 2.75) is 6.42 Å². The van der Waals surface area contributed by atoms with Gasteiger partial charge >= 0.3 is 0 Å². The van der Waals surface area contributed by atoms with Crippen LogP contribution in [0, 0.1) is 11.6 Å². The van der Waals surface area contributed by atoms with E-state index in [9.17, 15) is 8.78 Å². The topological polar surface area (TPSA) is 26.0 Å². The third-order valence-electron chi connectivity index (χ3n) is 2.60. The molecule has 0 aliphatic heterocycles. The van der Waals surface area contributed by atoms with E-state index >= 15 is 0 Å². The molecular weight excluding hydrogens is 220 g/mol. The fourth-order valence-corrected chi connectivity index (χ4v) is 1.78. The van der Waals surface area contributed by atoms with Crippen molar-refractivity contribution in [3.8, 4) is 11.1 Å². The van der Waals surface area contributed by atoms with E-state index in [1.807, 2.05) is 18.2 Å². The molecule has 2 aromatic rings. The summed E-state index contributed by atoms with van der Waals surface area (Å²) in [5, 5.41) is 0. The average Bonchev–Trinajstić information content (AvgIpc) is 2.33. The maximum atomic E-state index is 13.6. The Labute approximate surface area is 98.9 Å². The Kier molecular flexibility index (Phi) is 3.49. The van der Waals surface area contributed by atoms with E-state index in [0.717, 1.165) is 24.1 Å². The number of hydrogen-bond acceptors (Lipinski definition) is 1. The first kappa shape index (κ1) is 11.7. The number of halogens is 2. The molecule has 0 spiro atoms. The van der Waals surface area contributed by atoms with Crippen LogP contribution in [0.4, 0.5) is 8.78 Å². The van der Waals surface area contributed by atoms with E-state index < -0.39 is 11.6 Å². The third-order valence-corrected chi connectivity index (χ3v) is 2.60. The molecule has 0 amide bonds. The first-order chi connectivity index (χ1) is 8.20. The Morgan fingerprint density at radius 1 is 1.00 bits per heavy atom. The molecule has 0 radical (unpaired) electrons. The smallest absolute Gasteiger partial charge is 0.131 e. The maximum absolute atomic E-state index is 13.6. The Morgan fingerprint density at radius 2 is 1.82 bits per heavy atom. The lowest BCUT2D eigenvalue weighted by atomic mass is 10.0. The molecule has 0 heterocycles. The molecule has 0 unspecified atom stereocenters. The van der Waals surface area contributed by atoms with Gasteiger partial charge in [0.15, 0.2) is 0 Å². The largest absolute Gasteiger partial charge is 0.330 e. The summed E-state index contributed by atoms with van der Waals surface area (Å²) < 4.78 is 26.7. The molecule has 1 nitrogen and oxygen atoms in total. The van der Waals surface area contributed by atoms with Crippen LogP contribution < -0.4 is 5.73 Å². The minimum Gasteiger partial charge on any atom is -0.330 e. The van der Waals surface area contributed by atoms with Gasteiger partial charge in [-0.05, 0) is 42.3 Å². The van der Waals surface area contributed by atoms with E-state index in [1.54, 1.807) is 6.07 Å². The lowest BCUT2D eigenvalue weighted by Crippen LogP contribution is -2.02. The van der Waals surface area contributed by atoms with Crippen LogP contribution in [0.5, 0.6) is 0 Å². The second kappa shape index (κ2) is 5.06. The molecule has 2 rings (SSSR count). The van der Waals surface area contributed by atoms with Crippen molar-refractivity contribution in [1.29, 1.82) is 0 Å². The van der Waals surface area contributed by atoms with Gasteiger partial charge in [-0.15, -0.1) is 0 Å². The zero-order valence-corrected chi connectivity index (χ0v) is 9.29. The third kappa shape index (κ3) is 2.68. The number of benzene rings is 2. The summed E-state index contributed by atoms with van der Waals surface area (Å²) in [5.74, 6) is -0.859. The molecule has 0 aromatic heterocycles. The lowest BCUT2D eigenvalue weighted by Gasteiger charge is -2.06. The van der Waals surface area contributed by atoms with Gasteiger partial charge in [0.2, 0.25) is 0 Å². The molecule has 0 aliphatic carbocycles. The molecule has 0 aliphatic rings. The predicted octanol–water partition coefficient (Wildman–Crippen LogP) is 3.13. The fourth-order valence-electron chi connectivity index (χ4n) is 1.78. The van der Waals surface area contributed by atoms with Crippen LogP contribution in [0.2, 0.25) is 0 Å². The SMILES string of the molecule is NCCc1cccc(-c2cc(F)ccc2F)c1. The van der Waals surface area contributed by atoms with E-state index in [4.69, 9.17) is 5.73 Å². The van der Waals surface area contributed by atoms with Gasteiger partial charge in [0.25, 0.3) is 0 Å². The summed E-state index contributed by atoms with van der Waals surface area (Å²) in [5.41, 5.74) is 7.45. The van der Waals surface area contributed by atoms with Crippen molar-refractivity contribution in [2.75, 3.05) is 6.54 Å². The molecule has 3 heteroatoms. The summed E-state index contributed by atoms with van der Waals surface area (Å²) in [4.78, 5) is 0. The first-order valence-electron chi connectivity index (χ1n) is 5.45. The minimum atomic E-state index is -0.439. The van der Waals surface area contributed by atoms with Gasteiger partial charge in [0.1, 0.15) is 11.6 Å². The van der Waals surface area contributed by atoms with Crippen LogP contribution in [0.25, 0.3) is 11.1 Å². The number of nitrogens with two attached hydrogens (primary N) is 1.